The lowest BCUT2D eigenvalue weighted by atomic mass is 10.2. The van der Waals surface area contributed by atoms with Gasteiger partial charge in [-0.3, -0.25) is 0 Å². The highest BCUT2D eigenvalue weighted by atomic mass is 19.3. The second-order valence-corrected chi connectivity index (χ2v) is 3.12. The maximum absolute atomic E-state index is 11.7. The zero-order valence-corrected chi connectivity index (χ0v) is 7.42. The molecular formula is C8H15F2NO2. The number of rotatable bonds is 5. The standard InChI is InChI=1S/C8H15F2NO2/c9-8(10)5-12-4-7-2-1-6(3-11)13-7/h6-8H,1-5,11H2. The topological polar surface area (TPSA) is 44.5 Å². The minimum absolute atomic E-state index is 0.0488. The molecule has 0 spiro atoms. The largest absolute Gasteiger partial charge is 0.373 e. The first kappa shape index (κ1) is 10.8. The maximum atomic E-state index is 11.7. The van der Waals surface area contributed by atoms with Crippen LogP contribution in [0.5, 0.6) is 0 Å². The Kier molecular flexibility index (Phi) is 4.55. The van der Waals surface area contributed by atoms with Crippen LogP contribution in [0.15, 0.2) is 0 Å². The van der Waals surface area contributed by atoms with Crippen molar-refractivity contribution < 1.29 is 18.3 Å². The van der Waals surface area contributed by atoms with Gasteiger partial charge in [0.2, 0.25) is 0 Å². The number of ether oxygens (including phenoxy) is 2. The van der Waals surface area contributed by atoms with Gasteiger partial charge in [0.05, 0.1) is 18.8 Å². The zero-order valence-electron chi connectivity index (χ0n) is 7.42. The van der Waals surface area contributed by atoms with Gasteiger partial charge < -0.3 is 15.2 Å². The van der Waals surface area contributed by atoms with Crippen LogP contribution in [-0.4, -0.2) is 38.4 Å². The SMILES string of the molecule is NCC1CCC(COCC(F)F)O1. The van der Waals surface area contributed by atoms with Gasteiger partial charge >= 0.3 is 0 Å². The van der Waals surface area contributed by atoms with E-state index in [1.807, 2.05) is 0 Å². The van der Waals surface area contributed by atoms with Crippen molar-refractivity contribution >= 4 is 0 Å². The number of halogens is 2. The Labute approximate surface area is 76.2 Å². The van der Waals surface area contributed by atoms with Gasteiger partial charge in [0.15, 0.2) is 0 Å². The van der Waals surface area contributed by atoms with Crippen molar-refractivity contribution in [3.63, 3.8) is 0 Å². The Bertz CT molecular complexity index is 146. The molecule has 2 unspecified atom stereocenters. The van der Waals surface area contributed by atoms with Crippen LogP contribution in [0.1, 0.15) is 12.8 Å². The molecule has 0 saturated carbocycles. The lowest BCUT2D eigenvalue weighted by Gasteiger charge is -2.12. The van der Waals surface area contributed by atoms with E-state index in [4.69, 9.17) is 15.2 Å². The van der Waals surface area contributed by atoms with Gasteiger partial charge in [-0.05, 0) is 12.8 Å². The van der Waals surface area contributed by atoms with E-state index >= 15 is 0 Å². The molecular weight excluding hydrogens is 180 g/mol. The summed E-state index contributed by atoms with van der Waals surface area (Å²) in [6.07, 6.45) is -0.608. The second kappa shape index (κ2) is 5.47. The normalized spacial score (nSPS) is 28.6. The van der Waals surface area contributed by atoms with Gasteiger partial charge in [-0.1, -0.05) is 0 Å². The molecule has 0 aromatic heterocycles. The molecule has 1 aliphatic rings. The predicted molar refractivity (Wildman–Crippen MR) is 43.8 cm³/mol. The molecule has 78 valence electrons. The summed E-state index contributed by atoms with van der Waals surface area (Å²) in [6, 6.07) is 0. The summed E-state index contributed by atoms with van der Waals surface area (Å²) >= 11 is 0. The number of hydrogen-bond acceptors (Lipinski definition) is 3. The fourth-order valence-corrected chi connectivity index (χ4v) is 1.36. The molecule has 2 atom stereocenters. The van der Waals surface area contributed by atoms with Crippen LogP contribution in [0.25, 0.3) is 0 Å². The maximum Gasteiger partial charge on any atom is 0.261 e. The minimum Gasteiger partial charge on any atom is -0.373 e. The lowest BCUT2D eigenvalue weighted by Crippen LogP contribution is -2.23. The average molecular weight is 195 g/mol. The third-order valence-corrected chi connectivity index (χ3v) is 2.01. The summed E-state index contributed by atoms with van der Waals surface area (Å²) in [5.41, 5.74) is 5.39. The van der Waals surface area contributed by atoms with Gasteiger partial charge in [0, 0.05) is 6.54 Å². The number of hydrogen-bond donors (Lipinski definition) is 1. The monoisotopic (exact) mass is 195 g/mol. The van der Waals surface area contributed by atoms with Crippen LogP contribution < -0.4 is 5.73 Å². The Hall–Kier alpha value is -0.260. The van der Waals surface area contributed by atoms with E-state index in [0.29, 0.717) is 6.54 Å². The molecule has 1 saturated heterocycles. The Morgan fingerprint density at radius 2 is 2.08 bits per heavy atom. The molecule has 1 aliphatic heterocycles. The summed E-state index contributed by atoms with van der Waals surface area (Å²) in [4.78, 5) is 0. The molecule has 13 heavy (non-hydrogen) atoms. The van der Waals surface area contributed by atoms with Crippen LogP contribution in [0.3, 0.4) is 0 Å². The van der Waals surface area contributed by atoms with Crippen LogP contribution in [0, 0.1) is 0 Å². The first-order valence-corrected chi connectivity index (χ1v) is 4.43. The van der Waals surface area contributed by atoms with E-state index in [1.165, 1.54) is 0 Å². The molecule has 1 rings (SSSR count). The van der Waals surface area contributed by atoms with Crippen molar-refractivity contribution in [2.24, 2.45) is 5.73 Å². The Morgan fingerprint density at radius 3 is 2.62 bits per heavy atom. The Balaban J connectivity index is 2.03. The summed E-state index contributed by atoms with van der Waals surface area (Å²) in [6.45, 7) is 0.235. The van der Waals surface area contributed by atoms with Crippen LogP contribution >= 0.6 is 0 Å². The fraction of sp³-hybridized carbons (Fsp3) is 1.00. The average Bonchev–Trinajstić information content (AvgIpc) is 2.52. The highest BCUT2D eigenvalue weighted by molar-refractivity contribution is 4.73. The number of alkyl halides is 2. The van der Waals surface area contributed by atoms with Crippen molar-refractivity contribution in [2.75, 3.05) is 19.8 Å². The van der Waals surface area contributed by atoms with E-state index in [0.717, 1.165) is 12.8 Å². The first-order chi connectivity index (χ1) is 6.22. The molecule has 0 bridgehead atoms. The van der Waals surface area contributed by atoms with E-state index in [-0.39, 0.29) is 18.8 Å². The van der Waals surface area contributed by atoms with Crippen molar-refractivity contribution in [1.29, 1.82) is 0 Å². The van der Waals surface area contributed by atoms with Crippen LogP contribution in [0.2, 0.25) is 0 Å². The molecule has 0 radical (unpaired) electrons. The van der Waals surface area contributed by atoms with Gasteiger partial charge in [0.1, 0.15) is 6.61 Å². The minimum atomic E-state index is -2.40. The molecule has 1 heterocycles. The molecule has 3 nitrogen and oxygen atoms in total. The molecule has 0 aromatic rings. The molecule has 0 aliphatic carbocycles. The van der Waals surface area contributed by atoms with Crippen LogP contribution in [0.4, 0.5) is 8.78 Å². The smallest absolute Gasteiger partial charge is 0.261 e. The molecule has 5 heteroatoms. The van der Waals surface area contributed by atoms with Gasteiger partial charge in [-0.25, -0.2) is 8.78 Å². The van der Waals surface area contributed by atoms with Gasteiger partial charge in [-0.15, -0.1) is 0 Å². The summed E-state index contributed by atoms with van der Waals surface area (Å²) in [5, 5.41) is 0. The van der Waals surface area contributed by atoms with E-state index in [2.05, 4.69) is 0 Å². The van der Waals surface area contributed by atoms with Crippen molar-refractivity contribution in [3.8, 4) is 0 Å². The van der Waals surface area contributed by atoms with E-state index < -0.39 is 13.0 Å². The van der Waals surface area contributed by atoms with E-state index in [1.54, 1.807) is 0 Å². The molecule has 0 aromatic carbocycles. The summed E-state index contributed by atoms with van der Waals surface area (Å²) in [5.74, 6) is 0. The second-order valence-electron chi connectivity index (χ2n) is 3.12. The summed E-state index contributed by atoms with van der Waals surface area (Å²) in [7, 11) is 0. The van der Waals surface area contributed by atoms with Crippen molar-refractivity contribution in [3.05, 3.63) is 0 Å². The predicted octanol–water partition coefficient (Wildman–Crippen LogP) is 0.774. The van der Waals surface area contributed by atoms with Crippen molar-refractivity contribution in [1.82, 2.24) is 0 Å². The highest BCUT2D eigenvalue weighted by Gasteiger charge is 2.24. The third-order valence-electron chi connectivity index (χ3n) is 2.01. The van der Waals surface area contributed by atoms with Crippen molar-refractivity contribution in [2.45, 2.75) is 31.5 Å². The van der Waals surface area contributed by atoms with Gasteiger partial charge in [0.25, 0.3) is 6.43 Å². The van der Waals surface area contributed by atoms with Crippen LogP contribution in [-0.2, 0) is 9.47 Å². The van der Waals surface area contributed by atoms with E-state index in [9.17, 15) is 8.78 Å². The highest BCUT2D eigenvalue weighted by Crippen LogP contribution is 2.18. The number of nitrogens with two attached hydrogens (primary N) is 1. The summed E-state index contributed by atoms with van der Waals surface area (Å²) < 4.78 is 33.5. The fourth-order valence-electron chi connectivity index (χ4n) is 1.36. The first-order valence-electron chi connectivity index (χ1n) is 4.43. The van der Waals surface area contributed by atoms with Gasteiger partial charge in [-0.2, -0.15) is 0 Å². The third kappa shape index (κ3) is 3.97. The zero-order chi connectivity index (χ0) is 9.68. The molecule has 1 fully saturated rings. The quantitative estimate of drug-likeness (QED) is 0.704. The molecule has 2 N–H and O–H groups in total. The Morgan fingerprint density at radius 1 is 1.38 bits per heavy atom. The molecule has 0 amide bonds. The lowest BCUT2D eigenvalue weighted by molar-refractivity contribution is -0.0421.